The smallest absolute Gasteiger partial charge is 0.0771 e. The second-order valence-electron chi connectivity index (χ2n) is 7.39. The minimum atomic E-state index is 0. The summed E-state index contributed by atoms with van der Waals surface area (Å²) in [5.74, 6) is 0. The Morgan fingerprint density at radius 2 is 0.879 bits per heavy atom. The zero-order chi connectivity index (χ0) is 22.0. The summed E-state index contributed by atoms with van der Waals surface area (Å²) in [6.07, 6.45) is 0. The molecule has 0 atom stereocenters. The quantitative estimate of drug-likeness (QED) is 0.283. The van der Waals surface area contributed by atoms with Crippen LogP contribution in [-0.2, 0) is 24.2 Å². The first-order chi connectivity index (χ1) is 15.8. The molecule has 0 bridgehead atoms. The van der Waals surface area contributed by atoms with Crippen molar-refractivity contribution in [1.82, 2.24) is 0 Å². The standard InChI is InChI=1S/C13H9.C13H10.C5H5.ClH.Zr/c1-3-7-12-10(5-1)9-11-6-2-4-8-13(11)12;1-3-7-12(8-4-1)11-13-9-5-2-6-10-13;1-2-4-5-3-1;;/h1-9H;1-10H;1-5H;1H;/q-1;;-1;;/p-1. The Kier molecular flexibility index (Phi) is 9.76. The molecule has 0 aliphatic rings. The molecule has 0 saturated carbocycles. The van der Waals surface area contributed by atoms with Crippen LogP contribution in [0.3, 0.4) is 0 Å². The molecule has 2 heteroatoms. The molecule has 162 valence electrons. The van der Waals surface area contributed by atoms with Crippen LogP contribution >= 0.6 is 0 Å². The van der Waals surface area contributed by atoms with Gasteiger partial charge in [-0.15, -0.1) is 39.7 Å². The molecule has 0 nitrogen and oxygen atoms in total. The Balaban J connectivity index is 0.000000150. The Bertz CT molecular complexity index is 1260. The largest absolute Gasteiger partial charge is 0.214 e. The van der Waals surface area contributed by atoms with Crippen LogP contribution in [0.1, 0.15) is 11.1 Å². The van der Waals surface area contributed by atoms with Crippen LogP contribution in [0.25, 0.3) is 21.5 Å². The third-order valence-corrected chi connectivity index (χ3v) is 6.62. The zero-order valence-electron chi connectivity index (χ0n) is 18.2. The van der Waals surface area contributed by atoms with Gasteiger partial charge < -0.3 is 12.4 Å². The molecular weight excluding hydrogens is 499 g/mol. The summed E-state index contributed by atoms with van der Waals surface area (Å²) in [5, 5.41) is 5.39. The summed E-state index contributed by atoms with van der Waals surface area (Å²) in [7, 11) is 0. The van der Waals surface area contributed by atoms with Gasteiger partial charge in [0.15, 0.2) is 0 Å². The molecule has 0 radical (unpaired) electrons. The van der Waals surface area contributed by atoms with E-state index in [1.807, 2.05) is 30.3 Å². The van der Waals surface area contributed by atoms with E-state index in [1.54, 1.807) is 0 Å². The van der Waals surface area contributed by atoms with E-state index in [4.69, 9.17) is 0 Å². The van der Waals surface area contributed by atoms with Crippen molar-refractivity contribution in [3.05, 3.63) is 157 Å². The molecule has 0 unspecified atom stereocenters. The van der Waals surface area contributed by atoms with Crippen LogP contribution < -0.4 is 12.4 Å². The monoisotopic (exact) mass is 521 g/mol. The SMILES string of the molecule is [Cl-].[Zr]=[C](c1ccccc1)c1ccccc1.c1cc[cH-]c1.c1ccc2c(c1)[cH-]c1ccccc12. The number of rotatable bonds is 2. The Hall–Kier alpha value is -2.86. The minimum absolute atomic E-state index is 0. The molecule has 0 spiro atoms. The maximum Gasteiger partial charge on any atom is -0.0771 e. The van der Waals surface area contributed by atoms with E-state index < -0.39 is 0 Å². The van der Waals surface area contributed by atoms with Crippen LogP contribution in [0.15, 0.2) is 146 Å². The average molecular weight is 523 g/mol. The van der Waals surface area contributed by atoms with E-state index in [1.165, 1.54) is 60.1 Å². The number of fused-ring (bicyclic) bond motifs is 3. The maximum absolute atomic E-state index is 2.24. The molecule has 0 aliphatic heterocycles. The van der Waals surface area contributed by atoms with Crippen molar-refractivity contribution in [3.8, 4) is 0 Å². The minimum Gasteiger partial charge on any atom is -0.214 e. The first kappa shape index (κ1) is 24.8. The third kappa shape index (κ3) is 6.81. The Labute approximate surface area is 217 Å². The molecular formula is C31H24ClZr-3. The summed E-state index contributed by atoms with van der Waals surface area (Å²) < 4.78 is 1.42. The van der Waals surface area contributed by atoms with E-state index in [9.17, 15) is 0 Å². The van der Waals surface area contributed by atoms with Gasteiger partial charge in [0.2, 0.25) is 0 Å². The van der Waals surface area contributed by atoms with Crippen LogP contribution in [0, 0.1) is 0 Å². The second-order valence-corrected chi connectivity index (χ2v) is 8.62. The van der Waals surface area contributed by atoms with E-state index in [0.717, 1.165) is 0 Å². The van der Waals surface area contributed by atoms with Gasteiger partial charge in [-0.3, -0.25) is 0 Å². The normalized spacial score (nSPS) is 9.67. The zero-order valence-corrected chi connectivity index (χ0v) is 21.4. The van der Waals surface area contributed by atoms with Crippen molar-refractivity contribution in [3.63, 3.8) is 0 Å². The predicted molar refractivity (Wildman–Crippen MR) is 135 cm³/mol. The number of benzene rings is 4. The van der Waals surface area contributed by atoms with Gasteiger partial charge in [-0.05, 0) is 0 Å². The van der Waals surface area contributed by atoms with E-state index in [0.29, 0.717) is 0 Å². The number of hydrogen-bond acceptors (Lipinski definition) is 0. The van der Waals surface area contributed by atoms with E-state index >= 15 is 0 Å². The van der Waals surface area contributed by atoms with Gasteiger partial charge in [-0.2, -0.15) is 18.2 Å². The molecule has 6 aromatic carbocycles. The van der Waals surface area contributed by atoms with Gasteiger partial charge in [0.05, 0.1) is 0 Å². The third-order valence-electron chi connectivity index (χ3n) is 5.20. The summed E-state index contributed by atoms with van der Waals surface area (Å²) in [5.41, 5.74) is 2.66. The molecule has 0 N–H and O–H groups in total. The molecule has 0 aliphatic carbocycles. The van der Waals surface area contributed by atoms with Crippen LogP contribution in [0.4, 0.5) is 0 Å². The molecule has 0 heterocycles. The molecule has 0 amide bonds. The van der Waals surface area contributed by atoms with Gasteiger partial charge in [0.25, 0.3) is 0 Å². The fourth-order valence-corrected chi connectivity index (χ4v) is 4.42. The molecule has 0 aromatic heterocycles. The van der Waals surface area contributed by atoms with Gasteiger partial charge in [-0.25, -0.2) is 12.1 Å². The topological polar surface area (TPSA) is 0 Å². The van der Waals surface area contributed by atoms with Gasteiger partial charge in [-0.1, -0.05) is 36.4 Å². The van der Waals surface area contributed by atoms with Crippen LogP contribution in [-0.4, -0.2) is 3.21 Å². The Morgan fingerprint density at radius 3 is 1.27 bits per heavy atom. The Morgan fingerprint density at radius 1 is 0.485 bits per heavy atom. The van der Waals surface area contributed by atoms with Crippen molar-refractivity contribution in [2.24, 2.45) is 0 Å². The first-order valence-corrected chi connectivity index (χ1v) is 11.9. The predicted octanol–water partition coefficient (Wildman–Crippen LogP) is 4.92. The summed E-state index contributed by atoms with van der Waals surface area (Å²) >= 11 is 1.46. The van der Waals surface area contributed by atoms with Crippen molar-refractivity contribution >= 4 is 24.8 Å². The summed E-state index contributed by atoms with van der Waals surface area (Å²) in [4.78, 5) is 0. The van der Waals surface area contributed by atoms with Crippen molar-refractivity contribution in [2.75, 3.05) is 0 Å². The van der Waals surface area contributed by atoms with Crippen LogP contribution in [0.2, 0.25) is 0 Å². The fourth-order valence-electron chi connectivity index (χ4n) is 3.60. The van der Waals surface area contributed by atoms with Crippen molar-refractivity contribution < 1.29 is 36.6 Å². The fraction of sp³-hybridized carbons (Fsp3) is 0. The molecule has 6 rings (SSSR count). The van der Waals surface area contributed by atoms with E-state index in [2.05, 4.69) is 115 Å². The molecule has 0 fully saturated rings. The van der Waals surface area contributed by atoms with Gasteiger partial charge >= 0.3 is 99.2 Å². The maximum atomic E-state index is 2.24. The molecule has 6 aromatic rings. The van der Waals surface area contributed by atoms with E-state index in [-0.39, 0.29) is 12.4 Å². The molecule has 0 saturated heterocycles. The number of hydrogen-bond donors (Lipinski definition) is 0. The molecule has 33 heavy (non-hydrogen) atoms. The van der Waals surface area contributed by atoms with Crippen LogP contribution in [0.5, 0.6) is 0 Å². The summed E-state index contributed by atoms with van der Waals surface area (Å²) in [6.45, 7) is 0. The van der Waals surface area contributed by atoms with Crippen molar-refractivity contribution in [2.45, 2.75) is 0 Å². The summed E-state index contributed by atoms with van der Waals surface area (Å²) in [6, 6.07) is 50.4. The van der Waals surface area contributed by atoms with Crippen molar-refractivity contribution in [1.29, 1.82) is 0 Å². The number of halogens is 1. The first-order valence-electron chi connectivity index (χ1n) is 10.7. The van der Waals surface area contributed by atoms with Gasteiger partial charge in [0.1, 0.15) is 0 Å². The second kappa shape index (κ2) is 13.0. The van der Waals surface area contributed by atoms with Gasteiger partial charge in [0, 0.05) is 0 Å². The average Bonchev–Trinajstić information content (AvgIpc) is 3.57.